The van der Waals surface area contributed by atoms with E-state index in [9.17, 15) is 4.79 Å². The number of rotatable bonds is 4. The van der Waals surface area contributed by atoms with Gasteiger partial charge in [0.15, 0.2) is 0 Å². The Morgan fingerprint density at radius 2 is 2.04 bits per heavy atom. The molecule has 24 heavy (non-hydrogen) atoms. The molecule has 0 saturated carbocycles. The zero-order valence-electron chi connectivity index (χ0n) is 12.7. The van der Waals surface area contributed by atoms with E-state index in [1.54, 1.807) is 29.3 Å². The summed E-state index contributed by atoms with van der Waals surface area (Å²) in [5, 5.41) is 12.0. The van der Waals surface area contributed by atoms with E-state index < -0.39 is 0 Å². The zero-order valence-corrected chi connectivity index (χ0v) is 12.7. The third-order valence-electron chi connectivity index (χ3n) is 3.71. The van der Waals surface area contributed by atoms with Crippen molar-refractivity contribution in [2.45, 2.75) is 6.54 Å². The number of aromatic amines is 1. The number of pyridine rings is 1. The third-order valence-corrected chi connectivity index (χ3v) is 3.71. The van der Waals surface area contributed by atoms with Crippen LogP contribution in [0.3, 0.4) is 0 Å². The van der Waals surface area contributed by atoms with Gasteiger partial charge in [-0.2, -0.15) is 0 Å². The number of benzene rings is 1. The van der Waals surface area contributed by atoms with E-state index in [0.717, 1.165) is 16.6 Å². The minimum absolute atomic E-state index is 0.142. The molecule has 0 fully saturated rings. The van der Waals surface area contributed by atoms with Gasteiger partial charge in [0.2, 0.25) is 0 Å². The molecule has 4 aromatic rings. The molecule has 0 atom stereocenters. The molecule has 7 heteroatoms. The van der Waals surface area contributed by atoms with Gasteiger partial charge in [-0.25, -0.2) is 4.68 Å². The van der Waals surface area contributed by atoms with Crippen molar-refractivity contribution in [3.05, 3.63) is 72.4 Å². The van der Waals surface area contributed by atoms with E-state index in [0.29, 0.717) is 17.8 Å². The van der Waals surface area contributed by atoms with Crippen LogP contribution in [-0.4, -0.2) is 30.9 Å². The van der Waals surface area contributed by atoms with Gasteiger partial charge in [0.05, 0.1) is 18.4 Å². The van der Waals surface area contributed by atoms with Crippen LogP contribution in [0, 0.1) is 0 Å². The molecule has 0 aliphatic carbocycles. The second-order valence-corrected chi connectivity index (χ2v) is 5.32. The highest BCUT2D eigenvalue weighted by Crippen LogP contribution is 2.14. The maximum absolute atomic E-state index is 12.3. The summed E-state index contributed by atoms with van der Waals surface area (Å²) < 4.78 is 1.65. The predicted octanol–water partition coefficient (Wildman–Crippen LogP) is 2.07. The van der Waals surface area contributed by atoms with Crippen LogP contribution >= 0.6 is 0 Å². The van der Waals surface area contributed by atoms with E-state index in [4.69, 9.17) is 0 Å². The Morgan fingerprint density at radius 3 is 2.92 bits per heavy atom. The molecule has 0 unspecified atom stereocenters. The molecular weight excluding hydrogens is 304 g/mol. The van der Waals surface area contributed by atoms with Crippen LogP contribution < -0.4 is 5.32 Å². The lowest BCUT2D eigenvalue weighted by Crippen LogP contribution is -2.22. The number of nitrogens with one attached hydrogen (secondary N) is 2. The maximum Gasteiger partial charge on any atom is 0.251 e. The summed E-state index contributed by atoms with van der Waals surface area (Å²) in [5.41, 5.74) is 3.17. The first kappa shape index (κ1) is 14.1. The SMILES string of the molecule is O=C(NCc1cn(-c2ccncc2)nn1)c1ccc2[nH]ccc2c1. The maximum atomic E-state index is 12.3. The van der Waals surface area contributed by atoms with Gasteiger partial charge in [-0.05, 0) is 36.4 Å². The average Bonchev–Trinajstić information content (AvgIpc) is 3.29. The van der Waals surface area contributed by atoms with E-state index >= 15 is 0 Å². The van der Waals surface area contributed by atoms with Crippen molar-refractivity contribution in [3.63, 3.8) is 0 Å². The highest BCUT2D eigenvalue weighted by atomic mass is 16.1. The Bertz CT molecular complexity index is 988. The van der Waals surface area contributed by atoms with Crippen molar-refractivity contribution in [3.8, 4) is 5.69 Å². The highest BCUT2D eigenvalue weighted by molar-refractivity contribution is 5.97. The van der Waals surface area contributed by atoms with E-state index in [2.05, 4.69) is 25.6 Å². The molecule has 7 nitrogen and oxygen atoms in total. The van der Waals surface area contributed by atoms with Crippen molar-refractivity contribution in [1.29, 1.82) is 0 Å². The fourth-order valence-electron chi connectivity index (χ4n) is 2.47. The summed E-state index contributed by atoms with van der Waals surface area (Å²) in [6.07, 6.45) is 7.01. The lowest BCUT2D eigenvalue weighted by atomic mass is 10.1. The van der Waals surface area contributed by atoms with Gasteiger partial charge in [0, 0.05) is 35.1 Å². The van der Waals surface area contributed by atoms with Gasteiger partial charge >= 0.3 is 0 Å². The molecule has 0 aliphatic rings. The molecule has 1 aromatic carbocycles. The summed E-state index contributed by atoms with van der Waals surface area (Å²) in [4.78, 5) is 19.3. The van der Waals surface area contributed by atoms with Crippen LogP contribution in [0.5, 0.6) is 0 Å². The van der Waals surface area contributed by atoms with Gasteiger partial charge < -0.3 is 10.3 Å². The summed E-state index contributed by atoms with van der Waals surface area (Å²) in [5.74, 6) is -0.142. The number of nitrogens with zero attached hydrogens (tertiary/aromatic N) is 4. The number of hydrogen-bond acceptors (Lipinski definition) is 4. The third kappa shape index (κ3) is 2.74. The van der Waals surface area contributed by atoms with Gasteiger partial charge in [0.1, 0.15) is 5.69 Å². The van der Waals surface area contributed by atoms with Crippen LogP contribution in [0.25, 0.3) is 16.6 Å². The molecule has 0 radical (unpaired) electrons. The number of carbonyl (C=O) groups is 1. The van der Waals surface area contributed by atoms with Crippen molar-refractivity contribution in [2.75, 3.05) is 0 Å². The minimum Gasteiger partial charge on any atom is -0.361 e. The highest BCUT2D eigenvalue weighted by Gasteiger charge is 2.08. The second kappa shape index (κ2) is 5.96. The molecule has 0 spiro atoms. The summed E-state index contributed by atoms with van der Waals surface area (Å²) in [6.45, 7) is 0.315. The normalized spacial score (nSPS) is 10.8. The Kier molecular flexibility index (Phi) is 3.51. The Hall–Kier alpha value is -3.48. The fraction of sp³-hybridized carbons (Fsp3) is 0.0588. The first-order valence-electron chi connectivity index (χ1n) is 7.46. The van der Waals surface area contributed by atoms with Gasteiger partial charge in [0.25, 0.3) is 5.91 Å². The summed E-state index contributed by atoms with van der Waals surface area (Å²) in [6, 6.07) is 11.2. The lowest BCUT2D eigenvalue weighted by Gasteiger charge is -2.03. The summed E-state index contributed by atoms with van der Waals surface area (Å²) in [7, 11) is 0. The number of amides is 1. The molecule has 2 N–H and O–H groups in total. The van der Waals surface area contributed by atoms with Crippen LogP contribution in [0.4, 0.5) is 0 Å². The standard InChI is InChI=1S/C17H14N6O/c24-17(13-1-2-16-12(9-13)3-8-19-16)20-10-14-11-23(22-21-14)15-4-6-18-7-5-15/h1-9,11,19H,10H2,(H,20,24). The van der Waals surface area contributed by atoms with E-state index in [1.807, 2.05) is 36.5 Å². The molecule has 1 amide bonds. The monoisotopic (exact) mass is 318 g/mol. The average molecular weight is 318 g/mol. The van der Waals surface area contributed by atoms with Crippen LogP contribution in [-0.2, 0) is 6.54 Å². The fourth-order valence-corrected chi connectivity index (χ4v) is 2.47. The second-order valence-electron chi connectivity index (χ2n) is 5.32. The van der Waals surface area contributed by atoms with Crippen molar-refractivity contribution in [1.82, 2.24) is 30.3 Å². The summed E-state index contributed by atoms with van der Waals surface area (Å²) >= 11 is 0. The molecule has 0 bridgehead atoms. The van der Waals surface area contributed by atoms with Gasteiger partial charge in [-0.1, -0.05) is 5.21 Å². The van der Waals surface area contributed by atoms with Crippen molar-refractivity contribution in [2.24, 2.45) is 0 Å². The number of H-pyrrole nitrogens is 1. The largest absolute Gasteiger partial charge is 0.361 e. The molecule has 0 saturated heterocycles. The molecule has 3 heterocycles. The topological polar surface area (TPSA) is 88.5 Å². The number of fused-ring (bicyclic) bond motifs is 1. The Balaban J connectivity index is 1.45. The number of aromatic nitrogens is 5. The quantitative estimate of drug-likeness (QED) is 0.603. The molecule has 4 rings (SSSR count). The smallest absolute Gasteiger partial charge is 0.251 e. The molecule has 118 valence electrons. The van der Waals surface area contributed by atoms with Crippen LogP contribution in [0.15, 0.2) is 61.2 Å². The molecule has 3 aromatic heterocycles. The van der Waals surface area contributed by atoms with Crippen LogP contribution in [0.1, 0.15) is 16.1 Å². The van der Waals surface area contributed by atoms with Crippen molar-refractivity contribution >= 4 is 16.8 Å². The van der Waals surface area contributed by atoms with E-state index in [-0.39, 0.29) is 5.91 Å². The minimum atomic E-state index is -0.142. The van der Waals surface area contributed by atoms with Gasteiger partial charge in [-0.3, -0.25) is 9.78 Å². The molecular formula is C17H14N6O. The van der Waals surface area contributed by atoms with Crippen LogP contribution in [0.2, 0.25) is 0 Å². The zero-order chi connectivity index (χ0) is 16.4. The Morgan fingerprint density at radius 1 is 1.17 bits per heavy atom. The first-order chi connectivity index (χ1) is 11.8. The van der Waals surface area contributed by atoms with E-state index in [1.165, 1.54) is 0 Å². The first-order valence-corrected chi connectivity index (χ1v) is 7.46. The predicted molar refractivity (Wildman–Crippen MR) is 88.6 cm³/mol. The number of hydrogen-bond donors (Lipinski definition) is 2. The molecule has 0 aliphatic heterocycles. The van der Waals surface area contributed by atoms with Crippen molar-refractivity contribution < 1.29 is 4.79 Å². The van der Waals surface area contributed by atoms with Gasteiger partial charge in [-0.15, -0.1) is 5.10 Å². The number of carbonyl (C=O) groups excluding carboxylic acids is 1. The Labute approximate surface area is 137 Å². The lowest BCUT2D eigenvalue weighted by molar-refractivity contribution is 0.0950.